The van der Waals surface area contributed by atoms with Crippen molar-refractivity contribution in [3.05, 3.63) is 89.5 Å². The number of halogens is 2. The molecule has 0 radical (unpaired) electrons. The summed E-state index contributed by atoms with van der Waals surface area (Å²) in [6, 6.07) is 26.7. The zero-order valence-corrected chi connectivity index (χ0v) is 20.5. The molecule has 0 spiro atoms. The van der Waals surface area contributed by atoms with Gasteiger partial charge in [0, 0.05) is 0 Å². The molecule has 29 heavy (non-hydrogen) atoms. The topological polar surface area (TPSA) is 0 Å². The van der Waals surface area contributed by atoms with Gasteiger partial charge < -0.3 is 0 Å². The Bertz CT molecular complexity index is 1210. The second kappa shape index (κ2) is 9.17. The van der Waals surface area contributed by atoms with Crippen molar-refractivity contribution >= 4 is 44.6 Å². The Labute approximate surface area is 191 Å². The molecular formula is C26H22Cl2Zr. The van der Waals surface area contributed by atoms with Gasteiger partial charge in [0.2, 0.25) is 0 Å². The zero-order chi connectivity index (χ0) is 20.4. The Balaban J connectivity index is 0.000000645. The predicted octanol–water partition coefficient (Wildman–Crippen LogP) is 8.63. The molecule has 0 atom stereocenters. The standard InChI is InChI=1S/C26H22.2ClH.Zr/c1-17(2)20-14-18-9-7-13-24(25(18)16-20)26-15-19-8-3-4-10-21(19)22-11-5-6-12-23(22)26;;;/h3-13,15-17H,14H2,1-2H3;2*1H;/q;;;+2/p-2. The van der Waals surface area contributed by atoms with E-state index in [1.165, 1.54) is 49.4 Å². The first-order valence-corrected chi connectivity index (χ1v) is 16.2. The number of rotatable bonds is 2. The van der Waals surface area contributed by atoms with Crippen LogP contribution in [0, 0.1) is 5.92 Å². The maximum atomic E-state index is 4.93. The Morgan fingerprint density at radius 2 is 1.41 bits per heavy atom. The molecular weight excluding hydrogens is 474 g/mol. The molecule has 4 aromatic carbocycles. The van der Waals surface area contributed by atoms with Crippen LogP contribution in [0.3, 0.4) is 0 Å². The van der Waals surface area contributed by atoms with Gasteiger partial charge in [0.05, 0.1) is 0 Å². The van der Waals surface area contributed by atoms with E-state index >= 15 is 0 Å². The molecule has 0 nitrogen and oxygen atoms in total. The number of hydrogen-bond donors (Lipinski definition) is 0. The summed E-state index contributed by atoms with van der Waals surface area (Å²) >= 11 is -0.826. The normalized spacial score (nSPS) is 12.5. The summed E-state index contributed by atoms with van der Waals surface area (Å²) in [4.78, 5) is 0. The molecule has 0 bridgehead atoms. The second-order valence-corrected chi connectivity index (χ2v) is 11.4. The van der Waals surface area contributed by atoms with Crippen LogP contribution in [0.25, 0.3) is 38.7 Å². The van der Waals surface area contributed by atoms with Crippen LogP contribution in [-0.2, 0) is 27.3 Å². The first kappa shape index (κ1) is 20.9. The molecule has 0 fully saturated rings. The van der Waals surface area contributed by atoms with Crippen LogP contribution in [-0.4, -0.2) is 0 Å². The summed E-state index contributed by atoms with van der Waals surface area (Å²) in [5, 5.41) is 5.32. The summed E-state index contributed by atoms with van der Waals surface area (Å²) in [6.07, 6.45) is 3.52. The van der Waals surface area contributed by atoms with Gasteiger partial charge in [-0.15, -0.1) is 0 Å². The van der Waals surface area contributed by atoms with E-state index in [2.05, 4.69) is 92.7 Å². The molecule has 144 valence electrons. The van der Waals surface area contributed by atoms with Crippen LogP contribution >= 0.6 is 17.0 Å². The number of benzene rings is 4. The first-order chi connectivity index (χ1) is 14.1. The molecule has 4 aromatic rings. The van der Waals surface area contributed by atoms with Crippen molar-refractivity contribution in [1.82, 2.24) is 0 Å². The summed E-state index contributed by atoms with van der Waals surface area (Å²) in [6.45, 7) is 4.59. The molecule has 0 amide bonds. The van der Waals surface area contributed by atoms with Crippen molar-refractivity contribution < 1.29 is 20.8 Å². The van der Waals surface area contributed by atoms with Gasteiger partial charge in [-0.05, 0) is 62.2 Å². The van der Waals surface area contributed by atoms with Crippen molar-refractivity contribution in [1.29, 1.82) is 0 Å². The first-order valence-electron chi connectivity index (χ1n) is 9.83. The van der Waals surface area contributed by atoms with Gasteiger partial charge in [0.15, 0.2) is 0 Å². The minimum absolute atomic E-state index is 0.601. The molecule has 0 N–H and O–H groups in total. The Morgan fingerprint density at radius 1 is 0.759 bits per heavy atom. The van der Waals surface area contributed by atoms with E-state index in [0.29, 0.717) is 5.92 Å². The van der Waals surface area contributed by atoms with Crippen LogP contribution in [0.4, 0.5) is 0 Å². The van der Waals surface area contributed by atoms with E-state index in [9.17, 15) is 0 Å². The molecule has 5 rings (SSSR count). The fraction of sp³-hybridized carbons (Fsp3) is 0.154. The fourth-order valence-electron chi connectivity index (χ4n) is 4.28. The van der Waals surface area contributed by atoms with Gasteiger partial charge in [-0.3, -0.25) is 0 Å². The van der Waals surface area contributed by atoms with Crippen LogP contribution in [0.15, 0.2) is 78.4 Å². The van der Waals surface area contributed by atoms with Gasteiger partial charge in [-0.25, -0.2) is 0 Å². The summed E-state index contributed by atoms with van der Waals surface area (Å²) in [5.41, 5.74) is 7.12. The molecule has 0 heterocycles. The molecule has 0 aliphatic heterocycles. The van der Waals surface area contributed by atoms with Crippen LogP contribution in [0.5, 0.6) is 0 Å². The van der Waals surface area contributed by atoms with Gasteiger partial charge in [0.1, 0.15) is 0 Å². The summed E-state index contributed by atoms with van der Waals surface area (Å²) in [7, 11) is 9.87. The Morgan fingerprint density at radius 3 is 2.14 bits per heavy atom. The third-order valence-electron chi connectivity index (χ3n) is 5.72. The van der Waals surface area contributed by atoms with E-state index in [-0.39, 0.29) is 0 Å². The summed E-state index contributed by atoms with van der Waals surface area (Å²) < 4.78 is 0. The van der Waals surface area contributed by atoms with E-state index in [1.54, 1.807) is 0 Å². The van der Waals surface area contributed by atoms with E-state index < -0.39 is 20.8 Å². The molecule has 0 unspecified atom stereocenters. The van der Waals surface area contributed by atoms with Crippen molar-refractivity contribution in [3.8, 4) is 11.1 Å². The van der Waals surface area contributed by atoms with Gasteiger partial charge in [-0.1, -0.05) is 92.2 Å². The van der Waals surface area contributed by atoms with E-state index in [1.807, 2.05) is 0 Å². The molecule has 0 aromatic heterocycles. The molecule has 0 saturated heterocycles. The monoisotopic (exact) mass is 494 g/mol. The summed E-state index contributed by atoms with van der Waals surface area (Å²) in [5.74, 6) is 0.601. The zero-order valence-electron chi connectivity index (χ0n) is 16.5. The quantitative estimate of drug-likeness (QED) is 0.244. The molecule has 1 aliphatic rings. The van der Waals surface area contributed by atoms with Crippen molar-refractivity contribution in [3.63, 3.8) is 0 Å². The average molecular weight is 497 g/mol. The van der Waals surface area contributed by atoms with E-state index in [4.69, 9.17) is 17.0 Å². The number of fused-ring (bicyclic) bond motifs is 4. The SMILES string of the molecule is CC(C)C1=Cc2c(cccc2-c2cc3ccccc3c3ccccc23)C1.[Cl][Zr][Cl]. The van der Waals surface area contributed by atoms with Crippen LogP contribution in [0.2, 0.25) is 0 Å². The third-order valence-corrected chi connectivity index (χ3v) is 5.72. The van der Waals surface area contributed by atoms with Crippen LogP contribution in [0.1, 0.15) is 25.0 Å². The van der Waals surface area contributed by atoms with Gasteiger partial charge in [0.25, 0.3) is 0 Å². The number of allylic oxidation sites excluding steroid dienone is 1. The average Bonchev–Trinajstić information content (AvgIpc) is 3.19. The van der Waals surface area contributed by atoms with Crippen LogP contribution < -0.4 is 0 Å². The Kier molecular flexibility index (Phi) is 6.60. The van der Waals surface area contributed by atoms with Gasteiger partial charge in [-0.2, -0.15) is 0 Å². The van der Waals surface area contributed by atoms with Crippen molar-refractivity contribution in [2.45, 2.75) is 20.3 Å². The molecule has 1 aliphatic carbocycles. The van der Waals surface area contributed by atoms with E-state index in [0.717, 1.165) is 6.42 Å². The van der Waals surface area contributed by atoms with Crippen molar-refractivity contribution in [2.24, 2.45) is 5.92 Å². The van der Waals surface area contributed by atoms with Gasteiger partial charge >= 0.3 is 37.9 Å². The Hall–Kier alpha value is -1.40. The predicted molar refractivity (Wildman–Crippen MR) is 125 cm³/mol. The third kappa shape index (κ3) is 4.11. The molecule has 3 heteroatoms. The maximum absolute atomic E-state index is 4.93. The van der Waals surface area contributed by atoms with Crippen molar-refractivity contribution in [2.75, 3.05) is 0 Å². The molecule has 0 saturated carbocycles. The number of hydrogen-bond acceptors (Lipinski definition) is 0. The fourth-order valence-corrected chi connectivity index (χ4v) is 4.28. The minimum atomic E-state index is -0.826. The second-order valence-electron chi connectivity index (χ2n) is 7.69.